The van der Waals surface area contributed by atoms with Crippen LogP contribution in [-0.2, 0) is 41.3 Å². The Labute approximate surface area is 284 Å². The highest BCUT2D eigenvalue weighted by molar-refractivity contribution is 6.74. The van der Waals surface area contributed by atoms with Gasteiger partial charge in [-0.25, -0.2) is 0 Å². The lowest BCUT2D eigenvalue weighted by Crippen LogP contribution is -2.57. The number of ether oxygens (including phenoxy) is 7. The van der Waals surface area contributed by atoms with Crippen molar-refractivity contribution in [3.63, 3.8) is 0 Å². The monoisotopic (exact) mass is 670 g/mol. The Morgan fingerprint density at radius 2 is 1.38 bits per heavy atom. The normalized spacial score (nSPS) is 26.3. The number of hydrogen-bond acceptors (Lipinski definition) is 8. The molecule has 2 aliphatic heterocycles. The van der Waals surface area contributed by atoms with Crippen LogP contribution in [0.3, 0.4) is 0 Å². The first kappa shape index (κ1) is 37.6. The molecule has 9 heteroatoms. The molecule has 4 rings (SSSR count). The minimum Gasteiger partial charge on any atom is -0.497 e. The van der Waals surface area contributed by atoms with E-state index in [-0.39, 0.29) is 41.5 Å². The van der Waals surface area contributed by atoms with Gasteiger partial charge in [-0.3, -0.25) is 0 Å². The lowest BCUT2D eigenvalue weighted by Gasteiger charge is -2.47. The maximum atomic E-state index is 6.96. The highest BCUT2D eigenvalue weighted by Gasteiger charge is 2.47. The van der Waals surface area contributed by atoms with Gasteiger partial charge in [0.1, 0.15) is 17.6 Å². The molecule has 0 aliphatic carbocycles. The van der Waals surface area contributed by atoms with Gasteiger partial charge in [-0.1, -0.05) is 64.1 Å². The molecule has 2 aromatic carbocycles. The van der Waals surface area contributed by atoms with Crippen molar-refractivity contribution in [1.82, 2.24) is 0 Å². The summed E-state index contributed by atoms with van der Waals surface area (Å²) in [5, 5.41) is 0.0873. The van der Waals surface area contributed by atoms with E-state index < -0.39 is 14.1 Å². The molecule has 2 fully saturated rings. The van der Waals surface area contributed by atoms with E-state index in [1.165, 1.54) is 0 Å². The molecule has 2 aromatic rings. The fourth-order valence-electron chi connectivity index (χ4n) is 5.84. The van der Waals surface area contributed by atoms with E-state index in [0.29, 0.717) is 39.3 Å². The fraction of sp³-hybridized carbons (Fsp3) is 0.632. The van der Waals surface area contributed by atoms with E-state index in [9.17, 15) is 0 Å². The molecule has 0 bridgehead atoms. The smallest absolute Gasteiger partial charge is 0.192 e. The maximum Gasteiger partial charge on any atom is 0.192 e. The quantitative estimate of drug-likeness (QED) is 0.139. The fourth-order valence-corrected chi connectivity index (χ4v) is 6.86. The molecular weight excluding hydrogens is 612 g/mol. The van der Waals surface area contributed by atoms with Crippen LogP contribution in [0.1, 0.15) is 65.5 Å². The second-order valence-corrected chi connectivity index (χ2v) is 19.8. The van der Waals surface area contributed by atoms with Crippen LogP contribution in [0.15, 0.2) is 60.7 Å². The summed E-state index contributed by atoms with van der Waals surface area (Å²) in [4.78, 5) is 0. The van der Waals surface area contributed by atoms with Crippen LogP contribution < -0.4 is 9.47 Å². The van der Waals surface area contributed by atoms with Crippen LogP contribution in [-0.4, -0.2) is 72.1 Å². The third kappa shape index (κ3) is 10.4. The maximum absolute atomic E-state index is 6.96. The van der Waals surface area contributed by atoms with Gasteiger partial charge in [0.25, 0.3) is 0 Å². The molecule has 0 spiro atoms. The minimum atomic E-state index is -2.02. The van der Waals surface area contributed by atoms with E-state index >= 15 is 0 Å². The van der Waals surface area contributed by atoms with E-state index in [2.05, 4.69) is 47.4 Å². The van der Waals surface area contributed by atoms with Crippen LogP contribution in [0.4, 0.5) is 0 Å². The molecule has 8 nitrogen and oxygen atoms in total. The van der Waals surface area contributed by atoms with Gasteiger partial charge in [0.05, 0.1) is 65.1 Å². The molecule has 0 aromatic heterocycles. The average molecular weight is 671 g/mol. The van der Waals surface area contributed by atoms with Crippen LogP contribution in [0.2, 0.25) is 18.1 Å². The Balaban J connectivity index is 1.59. The zero-order valence-electron chi connectivity index (χ0n) is 30.3. The van der Waals surface area contributed by atoms with Crippen molar-refractivity contribution in [3.05, 3.63) is 71.8 Å². The second-order valence-electron chi connectivity index (χ2n) is 15.0. The molecule has 0 radical (unpaired) electrons. The topological polar surface area (TPSA) is 73.8 Å². The van der Waals surface area contributed by atoms with Crippen molar-refractivity contribution in [2.45, 2.75) is 122 Å². The molecule has 2 heterocycles. The van der Waals surface area contributed by atoms with Crippen LogP contribution in [0.5, 0.6) is 11.5 Å². The molecule has 0 N–H and O–H groups in total. The Hall–Kier alpha value is -2.24. The third-order valence-corrected chi connectivity index (χ3v) is 14.3. The predicted octanol–water partition coefficient (Wildman–Crippen LogP) is 8.09. The van der Waals surface area contributed by atoms with Gasteiger partial charge in [-0.15, -0.1) is 0 Å². The van der Waals surface area contributed by atoms with Crippen molar-refractivity contribution in [2.24, 2.45) is 5.92 Å². The standard InChI is InChI=1S/C38H58O8Si/c1-26(20-32-24-43-38(6,7)46-32)21-33-36(42-23-29-14-18-31(40-9)19-15-29)35(41-22-28-12-16-30(39-8)17-13-28)27(2)34(45-33)25-44-47(10,11)37(3,4)5/h12-19,27,32-36H,1,20-25H2,2-11H3/t27-,32-,33+,34-,35+,36+/m0/s1. The summed E-state index contributed by atoms with van der Waals surface area (Å²) in [6.07, 6.45) is 0.197. The number of methoxy groups -OCH3 is 2. The van der Waals surface area contributed by atoms with Gasteiger partial charge in [-0.2, -0.15) is 0 Å². The van der Waals surface area contributed by atoms with E-state index in [1.54, 1.807) is 14.2 Å². The van der Waals surface area contributed by atoms with Crippen molar-refractivity contribution < 1.29 is 37.6 Å². The van der Waals surface area contributed by atoms with E-state index in [1.807, 2.05) is 62.4 Å². The summed E-state index contributed by atoms with van der Waals surface area (Å²) >= 11 is 0. The zero-order chi connectivity index (χ0) is 34.4. The van der Waals surface area contributed by atoms with E-state index in [4.69, 9.17) is 37.6 Å². The van der Waals surface area contributed by atoms with Crippen molar-refractivity contribution >= 4 is 8.32 Å². The average Bonchev–Trinajstić information content (AvgIpc) is 3.36. The Bertz CT molecular complexity index is 1270. The molecule has 2 saturated heterocycles. The summed E-state index contributed by atoms with van der Waals surface area (Å²) < 4.78 is 50.0. The van der Waals surface area contributed by atoms with Crippen molar-refractivity contribution in [1.29, 1.82) is 0 Å². The molecule has 2 aliphatic rings. The largest absolute Gasteiger partial charge is 0.497 e. The van der Waals surface area contributed by atoms with Gasteiger partial charge >= 0.3 is 0 Å². The first-order chi connectivity index (χ1) is 22.1. The van der Waals surface area contributed by atoms with Crippen LogP contribution >= 0.6 is 0 Å². The van der Waals surface area contributed by atoms with Gasteiger partial charge in [0, 0.05) is 5.92 Å². The highest BCUT2D eigenvalue weighted by atomic mass is 28.4. The highest BCUT2D eigenvalue weighted by Crippen LogP contribution is 2.39. The molecule has 0 saturated carbocycles. The van der Waals surface area contributed by atoms with Gasteiger partial charge in [-0.05, 0) is 80.2 Å². The summed E-state index contributed by atoms with van der Waals surface area (Å²) in [7, 11) is 1.32. The SMILES string of the molecule is C=C(C[C@H]1COC(C)(C)O1)C[C@H]1O[C@@H](CO[Si](C)(C)C(C)(C)C)[C@H](C)[C@@H](OCc2ccc(OC)cc2)[C@@H]1OCc1ccc(OC)cc1. The van der Waals surface area contributed by atoms with Gasteiger partial charge in [0.2, 0.25) is 0 Å². The van der Waals surface area contributed by atoms with Gasteiger partial charge < -0.3 is 37.6 Å². The summed E-state index contributed by atoms with van der Waals surface area (Å²) in [5.74, 6) is 1.05. The predicted molar refractivity (Wildman–Crippen MR) is 187 cm³/mol. The van der Waals surface area contributed by atoms with Gasteiger partial charge in [0.15, 0.2) is 14.1 Å². The van der Waals surface area contributed by atoms with E-state index in [0.717, 1.165) is 28.2 Å². The molecule has 262 valence electrons. The number of rotatable bonds is 15. The summed E-state index contributed by atoms with van der Waals surface area (Å²) in [6.45, 7) is 23.8. The molecule has 0 unspecified atom stereocenters. The second kappa shape index (κ2) is 16.0. The van der Waals surface area contributed by atoms with Crippen molar-refractivity contribution in [3.8, 4) is 11.5 Å². The van der Waals surface area contributed by atoms with Crippen LogP contribution in [0.25, 0.3) is 0 Å². The summed E-state index contributed by atoms with van der Waals surface area (Å²) in [6, 6.07) is 16.0. The number of benzene rings is 2. The van der Waals surface area contributed by atoms with Crippen molar-refractivity contribution in [2.75, 3.05) is 27.4 Å². The third-order valence-electron chi connectivity index (χ3n) is 9.84. The lowest BCUT2D eigenvalue weighted by molar-refractivity contribution is -0.236. The Morgan fingerprint density at radius 3 is 1.85 bits per heavy atom. The molecule has 47 heavy (non-hydrogen) atoms. The Kier molecular flexibility index (Phi) is 12.8. The first-order valence-electron chi connectivity index (χ1n) is 16.9. The lowest BCUT2D eigenvalue weighted by atomic mass is 9.85. The molecule has 0 amide bonds. The number of hydrogen-bond donors (Lipinski definition) is 0. The molecular formula is C38H58O8Si. The zero-order valence-corrected chi connectivity index (χ0v) is 31.3. The summed E-state index contributed by atoms with van der Waals surface area (Å²) in [5.41, 5.74) is 3.15. The Morgan fingerprint density at radius 1 is 0.851 bits per heavy atom. The first-order valence-corrected chi connectivity index (χ1v) is 19.8. The van der Waals surface area contributed by atoms with Crippen LogP contribution in [0, 0.1) is 5.92 Å². The minimum absolute atomic E-state index is 0.00997. The molecule has 6 atom stereocenters.